The summed E-state index contributed by atoms with van der Waals surface area (Å²) in [5.74, 6) is 0.388. The predicted octanol–water partition coefficient (Wildman–Crippen LogP) is 5.63. The number of rotatable bonds is 5. The molecule has 1 atom stereocenters. The van der Waals surface area contributed by atoms with Crippen LogP contribution in [0.3, 0.4) is 0 Å². The zero-order valence-corrected chi connectivity index (χ0v) is 18.7. The van der Waals surface area contributed by atoms with Crippen LogP contribution in [0, 0.1) is 5.41 Å². The third-order valence-electron chi connectivity index (χ3n) is 6.11. The number of fused-ring (bicyclic) bond motifs is 1. The van der Waals surface area contributed by atoms with E-state index in [-0.39, 0.29) is 24.0 Å². The van der Waals surface area contributed by atoms with Crippen molar-refractivity contribution in [2.24, 2.45) is 10.5 Å². The van der Waals surface area contributed by atoms with Gasteiger partial charge in [-0.2, -0.15) is 5.10 Å². The molecule has 1 unspecified atom stereocenters. The van der Waals surface area contributed by atoms with Crippen LogP contribution in [0.5, 0.6) is 5.75 Å². The van der Waals surface area contributed by atoms with Gasteiger partial charge >= 0.3 is 0 Å². The average molecular weight is 436 g/mol. The van der Waals surface area contributed by atoms with Gasteiger partial charge in [0.15, 0.2) is 6.61 Å². The molecule has 0 aliphatic carbocycles. The maximum Gasteiger partial charge on any atom is 0.281 e. The monoisotopic (exact) mass is 435 g/mol. The third-order valence-corrected chi connectivity index (χ3v) is 6.11. The molecular weight excluding hydrogens is 410 g/mol. The van der Waals surface area contributed by atoms with Crippen molar-refractivity contribution in [1.82, 2.24) is 9.99 Å². The van der Waals surface area contributed by atoms with Gasteiger partial charge in [0.1, 0.15) is 11.3 Å². The minimum Gasteiger partial charge on any atom is -0.481 e. The fourth-order valence-electron chi connectivity index (χ4n) is 4.55. The summed E-state index contributed by atoms with van der Waals surface area (Å²) in [4.78, 5) is 17.9. The molecule has 0 saturated heterocycles. The van der Waals surface area contributed by atoms with Crippen molar-refractivity contribution in [2.45, 2.75) is 19.9 Å². The number of benzene rings is 3. The summed E-state index contributed by atoms with van der Waals surface area (Å²) in [6.45, 7) is 4.15. The molecule has 5 nitrogen and oxygen atoms in total. The van der Waals surface area contributed by atoms with Crippen LogP contribution in [-0.4, -0.2) is 28.2 Å². The largest absolute Gasteiger partial charge is 0.481 e. The topological polar surface area (TPSA) is 54.8 Å². The van der Waals surface area contributed by atoms with Crippen molar-refractivity contribution in [3.8, 4) is 5.75 Å². The number of para-hydroxylation sites is 1. The highest BCUT2D eigenvalue weighted by molar-refractivity contribution is 6.07. The van der Waals surface area contributed by atoms with E-state index in [0.29, 0.717) is 5.75 Å². The van der Waals surface area contributed by atoms with E-state index in [1.54, 1.807) is 11.2 Å². The number of hydrazone groups is 1. The van der Waals surface area contributed by atoms with Gasteiger partial charge in [0, 0.05) is 17.0 Å². The first kappa shape index (κ1) is 20.9. The molecule has 164 valence electrons. The lowest BCUT2D eigenvalue weighted by Gasteiger charge is -2.32. The second-order valence-electron chi connectivity index (χ2n) is 8.71. The quantitative estimate of drug-likeness (QED) is 0.408. The number of carbonyl (C=O) groups is 1. The maximum atomic E-state index is 13.5. The van der Waals surface area contributed by atoms with Crippen LogP contribution in [0.1, 0.15) is 31.0 Å². The summed E-state index contributed by atoms with van der Waals surface area (Å²) in [6.07, 6.45) is 1.72. The molecular formula is C28H25N3O2. The Kier molecular flexibility index (Phi) is 5.38. The minimum absolute atomic E-state index is 0.124. The zero-order valence-electron chi connectivity index (χ0n) is 18.7. The first-order valence-corrected chi connectivity index (χ1v) is 11.0. The maximum absolute atomic E-state index is 13.5. The molecule has 2 heterocycles. The molecule has 0 spiro atoms. The summed E-state index contributed by atoms with van der Waals surface area (Å²) >= 11 is 0. The SMILES string of the molecule is CC1(C)C(c2ccccc2)=NN(C(=O)COc2cccc3cccnc23)C1c1ccccc1. The van der Waals surface area contributed by atoms with Crippen molar-refractivity contribution in [3.63, 3.8) is 0 Å². The molecule has 0 bridgehead atoms. The summed E-state index contributed by atoms with van der Waals surface area (Å²) < 4.78 is 5.96. The highest BCUT2D eigenvalue weighted by atomic mass is 16.5. The van der Waals surface area contributed by atoms with E-state index < -0.39 is 0 Å². The Labute approximate surface area is 193 Å². The van der Waals surface area contributed by atoms with Crippen LogP contribution in [-0.2, 0) is 4.79 Å². The van der Waals surface area contributed by atoms with Gasteiger partial charge in [0.2, 0.25) is 0 Å². The number of nitrogens with zero attached hydrogens (tertiary/aromatic N) is 3. The lowest BCUT2D eigenvalue weighted by molar-refractivity contribution is -0.136. The Morgan fingerprint density at radius 1 is 0.909 bits per heavy atom. The van der Waals surface area contributed by atoms with E-state index in [1.165, 1.54) is 0 Å². The van der Waals surface area contributed by atoms with Gasteiger partial charge in [-0.3, -0.25) is 9.78 Å². The first-order chi connectivity index (χ1) is 16.1. The molecule has 5 heteroatoms. The fourth-order valence-corrected chi connectivity index (χ4v) is 4.55. The van der Waals surface area contributed by atoms with Gasteiger partial charge in [-0.05, 0) is 23.3 Å². The number of hydrogen-bond acceptors (Lipinski definition) is 4. The Balaban J connectivity index is 1.48. The second-order valence-corrected chi connectivity index (χ2v) is 8.71. The molecule has 1 amide bonds. The molecule has 0 radical (unpaired) electrons. The van der Waals surface area contributed by atoms with E-state index in [1.807, 2.05) is 91.0 Å². The molecule has 1 aliphatic heterocycles. The van der Waals surface area contributed by atoms with Crippen LogP contribution in [0.4, 0.5) is 0 Å². The normalized spacial score (nSPS) is 17.1. The summed E-state index contributed by atoms with van der Waals surface area (Å²) in [6, 6.07) is 29.4. The van der Waals surface area contributed by atoms with E-state index in [4.69, 9.17) is 9.84 Å². The number of carbonyl (C=O) groups excluding carboxylic acids is 1. The van der Waals surface area contributed by atoms with Crippen molar-refractivity contribution < 1.29 is 9.53 Å². The van der Waals surface area contributed by atoms with Crippen LogP contribution < -0.4 is 4.74 Å². The van der Waals surface area contributed by atoms with Gasteiger partial charge in [-0.15, -0.1) is 0 Å². The Morgan fingerprint density at radius 3 is 2.36 bits per heavy atom. The summed E-state index contributed by atoms with van der Waals surface area (Å²) in [7, 11) is 0. The standard InChI is InChI=1S/C28H25N3O2/c1-28(2)26(21-11-5-3-6-12-21)30-31(27(28)22-13-7-4-8-14-22)24(32)19-33-23-17-9-15-20-16-10-18-29-25(20)23/h3-18,27H,19H2,1-2H3. The molecule has 0 N–H and O–H groups in total. The van der Waals surface area contributed by atoms with Gasteiger partial charge in [-0.1, -0.05) is 92.7 Å². The van der Waals surface area contributed by atoms with Crippen molar-refractivity contribution in [2.75, 3.05) is 6.61 Å². The van der Waals surface area contributed by atoms with Crippen LogP contribution in [0.25, 0.3) is 10.9 Å². The molecule has 0 saturated carbocycles. The number of ether oxygens (including phenoxy) is 1. The lowest BCUT2D eigenvalue weighted by atomic mass is 9.75. The molecule has 4 aromatic rings. The number of aromatic nitrogens is 1. The molecule has 33 heavy (non-hydrogen) atoms. The zero-order chi connectivity index (χ0) is 22.8. The van der Waals surface area contributed by atoms with E-state index in [2.05, 4.69) is 18.8 Å². The first-order valence-electron chi connectivity index (χ1n) is 11.0. The van der Waals surface area contributed by atoms with Crippen LogP contribution >= 0.6 is 0 Å². The predicted molar refractivity (Wildman–Crippen MR) is 130 cm³/mol. The third kappa shape index (κ3) is 3.87. The van der Waals surface area contributed by atoms with Crippen molar-refractivity contribution >= 4 is 22.5 Å². The van der Waals surface area contributed by atoms with E-state index >= 15 is 0 Å². The molecule has 5 rings (SSSR count). The number of pyridine rings is 1. The Bertz CT molecular complexity index is 1310. The highest BCUT2D eigenvalue weighted by Crippen LogP contribution is 2.46. The van der Waals surface area contributed by atoms with Gasteiger partial charge in [0.05, 0.1) is 11.8 Å². The van der Waals surface area contributed by atoms with Crippen LogP contribution in [0.2, 0.25) is 0 Å². The van der Waals surface area contributed by atoms with E-state index in [0.717, 1.165) is 27.7 Å². The molecule has 0 fully saturated rings. The Morgan fingerprint density at radius 2 is 1.61 bits per heavy atom. The van der Waals surface area contributed by atoms with Crippen LogP contribution in [0.15, 0.2) is 102 Å². The van der Waals surface area contributed by atoms with E-state index in [9.17, 15) is 4.79 Å². The number of hydrogen-bond donors (Lipinski definition) is 0. The van der Waals surface area contributed by atoms with Gasteiger partial charge in [-0.25, -0.2) is 5.01 Å². The van der Waals surface area contributed by atoms with Gasteiger partial charge in [0.25, 0.3) is 5.91 Å². The summed E-state index contributed by atoms with van der Waals surface area (Å²) in [5.41, 5.74) is 3.29. The number of amides is 1. The fraction of sp³-hybridized carbons (Fsp3) is 0.179. The molecule has 1 aliphatic rings. The van der Waals surface area contributed by atoms with Crippen molar-refractivity contribution in [3.05, 3.63) is 108 Å². The minimum atomic E-state index is -0.390. The summed E-state index contributed by atoms with van der Waals surface area (Å²) in [5, 5.41) is 7.41. The smallest absolute Gasteiger partial charge is 0.281 e. The average Bonchev–Trinajstić information content (AvgIpc) is 3.14. The highest BCUT2D eigenvalue weighted by Gasteiger charge is 2.47. The Hall–Kier alpha value is -3.99. The lowest BCUT2D eigenvalue weighted by Crippen LogP contribution is -2.37. The second kappa shape index (κ2) is 8.51. The van der Waals surface area contributed by atoms with Crippen molar-refractivity contribution in [1.29, 1.82) is 0 Å². The van der Waals surface area contributed by atoms with Gasteiger partial charge < -0.3 is 4.74 Å². The molecule has 3 aromatic carbocycles. The molecule has 1 aromatic heterocycles.